The van der Waals surface area contributed by atoms with Gasteiger partial charge in [-0.2, -0.15) is 0 Å². The van der Waals surface area contributed by atoms with Gasteiger partial charge in [-0.1, -0.05) is 0 Å². The first-order chi connectivity index (χ1) is 9.47. The Hall–Kier alpha value is -2.68. The summed E-state index contributed by atoms with van der Waals surface area (Å²) in [6, 6.07) is 3.38. The molecule has 106 valence electrons. The lowest BCUT2D eigenvalue weighted by Crippen LogP contribution is -2.42. The van der Waals surface area contributed by atoms with Crippen molar-refractivity contribution in [2.24, 2.45) is 0 Å². The second kappa shape index (κ2) is 7.04. The van der Waals surface area contributed by atoms with E-state index in [2.05, 4.69) is 16.6 Å². The predicted molar refractivity (Wildman–Crippen MR) is 74.8 cm³/mol. The molecule has 6 nitrogen and oxygen atoms in total. The first kappa shape index (κ1) is 15.4. The lowest BCUT2D eigenvalue weighted by Gasteiger charge is -2.14. The Bertz CT molecular complexity index is 549. The minimum Gasteiger partial charge on any atom is -0.497 e. The number of nitrogens with one attached hydrogen (secondary N) is 2. The van der Waals surface area contributed by atoms with Crippen molar-refractivity contribution in [2.45, 2.75) is 19.4 Å². The summed E-state index contributed by atoms with van der Waals surface area (Å²) >= 11 is 0. The van der Waals surface area contributed by atoms with E-state index in [4.69, 9.17) is 16.3 Å². The van der Waals surface area contributed by atoms with E-state index in [0.29, 0.717) is 11.4 Å². The number of methoxy groups -OCH3 is 1. The van der Waals surface area contributed by atoms with Gasteiger partial charge in [0.05, 0.1) is 7.11 Å². The molecule has 1 aromatic rings. The number of hydrogen-bond acceptors (Lipinski definition) is 3. The third kappa shape index (κ3) is 4.21. The predicted octanol–water partition coefficient (Wildman–Crippen LogP) is 1.60. The molecule has 0 aliphatic carbocycles. The van der Waals surface area contributed by atoms with E-state index >= 15 is 0 Å². The summed E-state index contributed by atoms with van der Waals surface area (Å²) in [5.74, 6) is 1.70. The Kier molecular flexibility index (Phi) is 5.42. The molecule has 2 amide bonds. The van der Waals surface area contributed by atoms with E-state index < -0.39 is 18.0 Å². The molecular formula is C14H16N2O4. The number of terminal acetylenes is 1. The third-order valence-electron chi connectivity index (χ3n) is 2.61. The monoisotopic (exact) mass is 276 g/mol. The average molecular weight is 276 g/mol. The number of benzene rings is 1. The van der Waals surface area contributed by atoms with Crippen LogP contribution in [0.25, 0.3) is 0 Å². The number of anilines is 1. The van der Waals surface area contributed by atoms with Gasteiger partial charge in [0.25, 0.3) is 0 Å². The zero-order chi connectivity index (χ0) is 15.1. The van der Waals surface area contributed by atoms with Crippen LogP contribution in [-0.2, 0) is 4.79 Å². The largest absolute Gasteiger partial charge is 0.497 e. The highest BCUT2D eigenvalue weighted by atomic mass is 16.5. The summed E-state index contributed by atoms with van der Waals surface area (Å²) in [7, 11) is 1.55. The highest BCUT2D eigenvalue weighted by molar-refractivity contribution is 5.93. The molecule has 0 aliphatic heterocycles. The Morgan fingerprint density at radius 3 is 2.70 bits per heavy atom. The van der Waals surface area contributed by atoms with Crippen LogP contribution >= 0.6 is 0 Å². The second-order valence-corrected chi connectivity index (χ2v) is 4.08. The highest BCUT2D eigenvalue weighted by Crippen LogP contribution is 2.20. The summed E-state index contributed by atoms with van der Waals surface area (Å²) in [4.78, 5) is 22.6. The molecule has 1 rings (SSSR count). The van der Waals surface area contributed by atoms with E-state index in [1.165, 1.54) is 0 Å². The van der Waals surface area contributed by atoms with Gasteiger partial charge < -0.3 is 20.5 Å². The summed E-state index contributed by atoms with van der Waals surface area (Å²) in [6.07, 6.45) is 4.97. The van der Waals surface area contributed by atoms with Gasteiger partial charge in [0, 0.05) is 12.1 Å². The van der Waals surface area contributed by atoms with Crippen molar-refractivity contribution >= 4 is 17.7 Å². The molecular weight excluding hydrogens is 260 g/mol. The maximum Gasteiger partial charge on any atom is 0.327 e. The Labute approximate surface area is 117 Å². The fraction of sp³-hybridized carbons (Fsp3) is 0.286. The number of aryl methyl sites for hydroxylation is 1. The van der Waals surface area contributed by atoms with E-state index in [9.17, 15) is 9.59 Å². The van der Waals surface area contributed by atoms with Crippen molar-refractivity contribution in [1.82, 2.24) is 5.32 Å². The van der Waals surface area contributed by atoms with Gasteiger partial charge in [0.2, 0.25) is 0 Å². The molecule has 0 saturated carbocycles. The number of amides is 2. The van der Waals surface area contributed by atoms with Crippen LogP contribution in [0.5, 0.6) is 5.75 Å². The van der Waals surface area contributed by atoms with Gasteiger partial charge in [0.15, 0.2) is 0 Å². The fourth-order valence-corrected chi connectivity index (χ4v) is 1.54. The minimum atomic E-state index is -1.18. The van der Waals surface area contributed by atoms with E-state index in [1.54, 1.807) is 32.2 Å². The van der Waals surface area contributed by atoms with Gasteiger partial charge in [-0.05, 0) is 30.7 Å². The maximum atomic E-state index is 11.7. The Morgan fingerprint density at radius 1 is 1.50 bits per heavy atom. The van der Waals surface area contributed by atoms with Gasteiger partial charge in [-0.15, -0.1) is 12.3 Å². The second-order valence-electron chi connectivity index (χ2n) is 4.08. The quantitative estimate of drug-likeness (QED) is 0.713. The van der Waals surface area contributed by atoms with E-state index in [-0.39, 0.29) is 6.42 Å². The number of rotatable bonds is 5. The van der Waals surface area contributed by atoms with Crippen LogP contribution in [0.2, 0.25) is 0 Å². The van der Waals surface area contributed by atoms with Crippen molar-refractivity contribution in [3.8, 4) is 18.1 Å². The summed E-state index contributed by atoms with van der Waals surface area (Å²) < 4.78 is 5.05. The molecule has 0 aromatic heterocycles. The zero-order valence-corrected chi connectivity index (χ0v) is 11.3. The number of carbonyl (C=O) groups excluding carboxylic acids is 1. The minimum absolute atomic E-state index is 0.0790. The van der Waals surface area contributed by atoms with Gasteiger partial charge >= 0.3 is 12.0 Å². The van der Waals surface area contributed by atoms with Gasteiger partial charge in [0.1, 0.15) is 11.8 Å². The molecule has 1 unspecified atom stereocenters. The number of carboxylic acids is 1. The van der Waals surface area contributed by atoms with Crippen molar-refractivity contribution in [3.05, 3.63) is 23.8 Å². The van der Waals surface area contributed by atoms with Gasteiger partial charge in [-0.25, -0.2) is 9.59 Å². The molecule has 3 N–H and O–H groups in total. The van der Waals surface area contributed by atoms with Gasteiger partial charge in [-0.3, -0.25) is 0 Å². The topological polar surface area (TPSA) is 87.7 Å². The first-order valence-electron chi connectivity index (χ1n) is 5.86. The third-order valence-corrected chi connectivity index (χ3v) is 2.61. The summed E-state index contributed by atoms with van der Waals surface area (Å²) in [5.41, 5.74) is 1.36. The van der Waals surface area contributed by atoms with Crippen molar-refractivity contribution < 1.29 is 19.4 Å². The van der Waals surface area contributed by atoms with Crippen LogP contribution in [0, 0.1) is 19.3 Å². The maximum absolute atomic E-state index is 11.7. The lowest BCUT2D eigenvalue weighted by molar-refractivity contribution is -0.139. The van der Waals surface area contributed by atoms with Crippen LogP contribution in [0.3, 0.4) is 0 Å². The Balaban J connectivity index is 2.71. The molecule has 0 fully saturated rings. The molecule has 0 saturated heterocycles. The zero-order valence-electron chi connectivity index (χ0n) is 11.3. The van der Waals surface area contributed by atoms with E-state index in [0.717, 1.165) is 5.56 Å². The number of urea groups is 1. The summed E-state index contributed by atoms with van der Waals surface area (Å²) in [6.45, 7) is 1.80. The van der Waals surface area contributed by atoms with E-state index in [1.807, 2.05) is 0 Å². The van der Waals surface area contributed by atoms with Crippen molar-refractivity contribution in [3.63, 3.8) is 0 Å². The Morgan fingerprint density at radius 2 is 2.20 bits per heavy atom. The SMILES string of the molecule is C#CCC(NC(=O)Nc1ccc(OC)cc1C)C(=O)O. The van der Waals surface area contributed by atoms with Crippen LogP contribution in [0.4, 0.5) is 10.5 Å². The molecule has 1 atom stereocenters. The number of aliphatic carboxylic acids is 1. The van der Waals surface area contributed by atoms with Crippen molar-refractivity contribution in [1.29, 1.82) is 0 Å². The fourth-order valence-electron chi connectivity index (χ4n) is 1.54. The highest BCUT2D eigenvalue weighted by Gasteiger charge is 2.18. The van der Waals surface area contributed by atoms with Crippen LogP contribution in [0.1, 0.15) is 12.0 Å². The average Bonchev–Trinajstić information content (AvgIpc) is 2.40. The lowest BCUT2D eigenvalue weighted by atomic mass is 10.2. The van der Waals surface area contributed by atoms with Crippen LogP contribution in [0.15, 0.2) is 18.2 Å². The number of carbonyl (C=O) groups is 2. The number of carboxylic acid groups (broad SMARTS) is 1. The molecule has 0 bridgehead atoms. The van der Waals surface area contributed by atoms with Crippen LogP contribution < -0.4 is 15.4 Å². The molecule has 0 aliphatic rings. The first-order valence-corrected chi connectivity index (χ1v) is 5.86. The molecule has 0 radical (unpaired) electrons. The standard InChI is InChI=1S/C14H16N2O4/c1-4-5-12(13(17)18)16-14(19)15-11-7-6-10(20-3)8-9(11)2/h1,6-8,12H,5H2,2-3H3,(H,17,18)(H2,15,16,19). The molecule has 0 heterocycles. The smallest absolute Gasteiger partial charge is 0.327 e. The molecule has 1 aromatic carbocycles. The van der Waals surface area contributed by atoms with Crippen LogP contribution in [-0.4, -0.2) is 30.3 Å². The molecule has 0 spiro atoms. The molecule has 6 heteroatoms. The van der Waals surface area contributed by atoms with Crippen molar-refractivity contribution in [2.75, 3.05) is 12.4 Å². The molecule has 20 heavy (non-hydrogen) atoms. The number of ether oxygens (including phenoxy) is 1. The number of hydrogen-bond donors (Lipinski definition) is 3. The summed E-state index contributed by atoms with van der Waals surface area (Å²) in [5, 5.41) is 13.8. The normalized spacial score (nSPS) is 11.1.